The van der Waals surface area contributed by atoms with Crippen LogP contribution in [0, 0.1) is 11.7 Å². The topological polar surface area (TPSA) is 54.0 Å². The van der Waals surface area contributed by atoms with Crippen LogP contribution in [-0.4, -0.2) is 24.0 Å². The molecule has 0 aliphatic heterocycles. The second-order valence-corrected chi connectivity index (χ2v) is 4.57. The van der Waals surface area contributed by atoms with Crippen molar-refractivity contribution in [2.24, 2.45) is 5.92 Å². The van der Waals surface area contributed by atoms with Crippen molar-refractivity contribution in [3.05, 3.63) is 23.6 Å². The minimum atomic E-state index is -0.496. The lowest BCUT2D eigenvalue weighted by Crippen LogP contribution is -2.26. The molecule has 0 spiro atoms. The van der Waals surface area contributed by atoms with Gasteiger partial charge in [0.1, 0.15) is 11.6 Å². The van der Waals surface area contributed by atoms with Crippen molar-refractivity contribution in [2.75, 3.05) is 18.4 Å². The number of carbonyl (C=O) groups excluding carboxylic acids is 1. The smallest absolute Gasteiger partial charge is 0.255 e. The monoisotopic (exact) mass is 251 g/mol. The maximum atomic E-state index is 13.1. The van der Waals surface area contributed by atoms with Crippen molar-refractivity contribution >= 4 is 11.7 Å². The summed E-state index contributed by atoms with van der Waals surface area (Å²) in [6.45, 7) is 3.19. The Balaban J connectivity index is 1.99. The van der Waals surface area contributed by atoms with Crippen molar-refractivity contribution in [2.45, 2.75) is 26.2 Å². The fourth-order valence-corrected chi connectivity index (χ4v) is 1.81. The minimum absolute atomic E-state index is 0.265. The van der Waals surface area contributed by atoms with Crippen LogP contribution in [0.3, 0.4) is 0 Å². The Morgan fingerprint density at radius 1 is 1.56 bits per heavy atom. The summed E-state index contributed by atoms with van der Waals surface area (Å²) in [5.74, 6) is 0.439. The van der Waals surface area contributed by atoms with Gasteiger partial charge in [-0.3, -0.25) is 4.79 Å². The molecular formula is C13H18FN3O. The third kappa shape index (κ3) is 3.42. The number of amides is 1. The van der Waals surface area contributed by atoms with Gasteiger partial charge in [-0.15, -0.1) is 0 Å². The molecule has 4 nitrogen and oxygen atoms in total. The first-order chi connectivity index (χ1) is 8.70. The van der Waals surface area contributed by atoms with E-state index in [1.807, 2.05) is 6.92 Å². The maximum Gasteiger partial charge on any atom is 0.255 e. The summed E-state index contributed by atoms with van der Waals surface area (Å²) in [6.07, 6.45) is 4.64. The van der Waals surface area contributed by atoms with Crippen LogP contribution in [0.2, 0.25) is 0 Å². The van der Waals surface area contributed by atoms with E-state index in [4.69, 9.17) is 0 Å². The lowest BCUT2D eigenvalue weighted by Gasteiger charge is -2.10. The van der Waals surface area contributed by atoms with E-state index in [1.54, 1.807) is 0 Å². The number of halogens is 1. The van der Waals surface area contributed by atoms with Crippen molar-refractivity contribution in [3.63, 3.8) is 0 Å². The Hall–Kier alpha value is -1.65. The number of anilines is 1. The van der Waals surface area contributed by atoms with Gasteiger partial charge in [0.05, 0.1) is 11.8 Å². The SMILES string of the molecule is CCNc1ncc(F)cc1C(=O)NCCC1CC1. The summed E-state index contributed by atoms with van der Waals surface area (Å²) in [5, 5.41) is 5.77. The highest BCUT2D eigenvalue weighted by Crippen LogP contribution is 2.31. The largest absolute Gasteiger partial charge is 0.370 e. The molecular weight excluding hydrogens is 233 g/mol. The van der Waals surface area contributed by atoms with E-state index in [0.717, 1.165) is 18.5 Å². The quantitative estimate of drug-likeness (QED) is 0.814. The van der Waals surface area contributed by atoms with Crippen molar-refractivity contribution < 1.29 is 9.18 Å². The zero-order valence-corrected chi connectivity index (χ0v) is 10.5. The van der Waals surface area contributed by atoms with Gasteiger partial charge in [-0.2, -0.15) is 0 Å². The average Bonchev–Trinajstić information content (AvgIpc) is 3.15. The van der Waals surface area contributed by atoms with Crippen LogP contribution in [-0.2, 0) is 0 Å². The first-order valence-corrected chi connectivity index (χ1v) is 6.38. The van der Waals surface area contributed by atoms with Crippen LogP contribution in [0.25, 0.3) is 0 Å². The summed E-state index contributed by atoms with van der Waals surface area (Å²) in [5.41, 5.74) is 0.271. The Kier molecular flexibility index (Phi) is 4.12. The van der Waals surface area contributed by atoms with E-state index in [-0.39, 0.29) is 11.5 Å². The van der Waals surface area contributed by atoms with Gasteiger partial charge in [-0.05, 0) is 25.3 Å². The molecule has 2 rings (SSSR count). The standard InChI is InChI=1S/C13H18FN3O/c1-2-15-12-11(7-10(14)8-17-12)13(18)16-6-5-9-3-4-9/h7-9H,2-6H2,1H3,(H,15,17)(H,16,18). The second-order valence-electron chi connectivity index (χ2n) is 4.57. The van der Waals surface area contributed by atoms with Gasteiger partial charge in [0.15, 0.2) is 0 Å². The average molecular weight is 251 g/mol. The molecule has 1 aromatic heterocycles. The highest BCUT2D eigenvalue weighted by Gasteiger charge is 2.21. The van der Waals surface area contributed by atoms with E-state index >= 15 is 0 Å². The number of hydrogen-bond donors (Lipinski definition) is 2. The molecule has 0 bridgehead atoms. The van der Waals surface area contributed by atoms with Crippen molar-refractivity contribution in [1.29, 1.82) is 0 Å². The fourth-order valence-electron chi connectivity index (χ4n) is 1.81. The van der Waals surface area contributed by atoms with Crippen LogP contribution >= 0.6 is 0 Å². The molecule has 1 heterocycles. The third-order valence-corrected chi connectivity index (χ3v) is 2.98. The van der Waals surface area contributed by atoms with E-state index in [0.29, 0.717) is 18.9 Å². The molecule has 0 unspecified atom stereocenters. The fraction of sp³-hybridized carbons (Fsp3) is 0.538. The molecule has 1 aliphatic rings. The molecule has 0 radical (unpaired) electrons. The molecule has 18 heavy (non-hydrogen) atoms. The number of pyridine rings is 1. The molecule has 0 atom stereocenters. The number of nitrogens with one attached hydrogen (secondary N) is 2. The first-order valence-electron chi connectivity index (χ1n) is 6.38. The molecule has 1 aromatic rings. The van der Waals surface area contributed by atoms with Crippen LogP contribution in [0.5, 0.6) is 0 Å². The predicted octanol–water partition coefficient (Wildman–Crippen LogP) is 2.18. The van der Waals surface area contributed by atoms with E-state index in [2.05, 4.69) is 15.6 Å². The number of rotatable bonds is 6. The van der Waals surface area contributed by atoms with Crippen LogP contribution in [0.1, 0.15) is 36.5 Å². The number of nitrogens with zero attached hydrogens (tertiary/aromatic N) is 1. The normalized spacial score (nSPS) is 14.3. The van der Waals surface area contributed by atoms with Crippen molar-refractivity contribution in [3.8, 4) is 0 Å². The van der Waals surface area contributed by atoms with Crippen molar-refractivity contribution in [1.82, 2.24) is 10.3 Å². The Labute approximate surface area is 106 Å². The number of hydrogen-bond acceptors (Lipinski definition) is 3. The lowest BCUT2D eigenvalue weighted by atomic mass is 10.2. The summed E-state index contributed by atoms with van der Waals surface area (Å²) >= 11 is 0. The predicted molar refractivity (Wildman–Crippen MR) is 68.0 cm³/mol. The highest BCUT2D eigenvalue weighted by atomic mass is 19.1. The van der Waals surface area contributed by atoms with Gasteiger partial charge < -0.3 is 10.6 Å². The molecule has 1 saturated carbocycles. The summed E-state index contributed by atoms with van der Waals surface area (Å²) < 4.78 is 13.1. The molecule has 5 heteroatoms. The molecule has 1 amide bonds. The Bertz CT molecular complexity index is 432. The Morgan fingerprint density at radius 3 is 3.00 bits per heavy atom. The summed E-state index contributed by atoms with van der Waals surface area (Å²) in [6, 6.07) is 1.22. The zero-order chi connectivity index (χ0) is 13.0. The first kappa shape index (κ1) is 12.8. The molecule has 98 valence electrons. The van der Waals surface area contributed by atoms with Gasteiger partial charge in [0, 0.05) is 13.1 Å². The molecule has 1 aliphatic carbocycles. The maximum absolute atomic E-state index is 13.1. The van der Waals surface area contributed by atoms with E-state index < -0.39 is 5.82 Å². The zero-order valence-electron chi connectivity index (χ0n) is 10.5. The number of carbonyl (C=O) groups is 1. The molecule has 0 saturated heterocycles. The summed E-state index contributed by atoms with van der Waals surface area (Å²) in [7, 11) is 0. The van der Waals surface area contributed by atoms with E-state index in [9.17, 15) is 9.18 Å². The van der Waals surface area contributed by atoms with Gasteiger partial charge in [0.25, 0.3) is 5.91 Å². The van der Waals surface area contributed by atoms with Crippen LogP contribution in [0.15, 0.2) is 12.3 Å². The van der Waals surface area contributed by atoms with Crippen LogP contribution in [0.4, 0.5) is 10.2 Å². The van der Waals surface area contributed by atoms with E-state index in [1.165, 1.54) is 18.9 Å². The molecule has 2 N–H and O–H groups in total. The van der Waals surface area contributed by atoms with Gasteiger partial charge in [0.2, 0.25) is 0 Å². The van der Waals surface area contributed by atoms with Gasteiger partial charge in [-0.25, -0.2) is 9.37 Å². The molecule has 1 fully saturated rings. The summed E-state index contributed by atoms with van der Waals surface area (Å²) in [4.78, 5) is 15.8. The second kappa shape index (κ2) is 5.80. The number of aromatic nitrogens is 1. The lowest BCUT2D eigenvalue weighted by molar-refractivity contribution is 0.0952. The Morgan fingerprint density at radius 2 is 2.33 bits per heavy atom. The highest BCUT2D eigenvalue weighted by molar-refractivity contribution is 5.98. The van der Waals surface area contributed by atoms with Gasteiger partial charge >= 0.3 is 0 Å². The minimum Gasteiger partial charge on any atom is -0.370 e. The third-order valence-electron chi connectivity index (χ3n) is 2.98. The van der Waals surface area contributed by atoms with Gasteiger partial charge in [-0.1, -0.05) is 12.8 Å². The van der Waals surface area contributed by atoms with Crippen LogP contribution < -0.4 is 10.6 Å². The molecule has 0 aromatic carbocycles.